The molecule has 1 N–H and O–H groups in total. The molecule has 0 saturated carbocycles. The molecule has 9 nitrogen and oxygen atoms in total. The molecule has 3 aliphatic rings. The average Bonchev–Trinajstić information content (AvgIpc) is 3.25. The van der Waals surface area contributed by atoms with Gasteiger partial charge in [0, 0.05) is 49.2 Å². The zero-order valence-electron chi connectivity index (χ0n) is 22.7. The molecule has 0 atom stereocenters. The van der Waals surface area contributed by atoms with Gasteiger partial charge in [-0.1, -0.05) is 0 Å². The van der Waals surface area contributed by atoms with Gasteiger partial charge in [-0.2, -0.15) is 0 Å². The molecule has 0 radical (unpaired) electrons. The second-order valence-corrected chi connectivity index (χ2v) is 12.9. The van der Waals surface area contributed by atoms with Crippen LogP contribution in [-0.2, 0) is 21.3 Å². The van der Waals surface area contributed by atoms with E-state index in [0.29, 0.717) is 30.1 Å². The number of halogens is 2. The van der Waals surface area contributed by atoms with E-state index in [-0.39, 0.29) is 40.5 Å². The minimum atomic E-state index is -3.31. The maximum absolute atomic E-state index is 15.1. The van der Waals surface area contributed by atoms with Crippen molar-refractivity contribution in [2.75, 3.05) is 61.5 Å². The molecular weight excluding hydrogens is 538 g/mol. The monoisotopic (exact) mass is 570 g/mol. The molecular formula is C28H32F2N6O3S. The molecule has 6 rings (SSSR count). The van der Waals surface area contributed by atoms with Gasteiger partial charge in [-0.3, -0.25) is 0 Å². The molecule has 0 spiro atoms. The molecule has 0 amide bonds. The first-order chi connectivity index (χ1) is 19.1. The lowest BCUT2D eigenvalue weighted by Crippen LogP contribution is -2.44. The van der Waals surface area contributed by atoms with Gasteiger partial charge in [-0.15, -0.1) is 0 Å². The van der Waals surface area contributed by atoms with Crippen LogP contribution in [0.4, 0.5) is 31.8 Å². The number of benzene rings is 2. The summed E-state index contributed by atoms with van der Waals surface area (Å²) in [5.41, 5.74) is 3.68. The number of ether oxygens (including phenoxy) is 1. The molecule has 1 saturated heterocycles. The molecule has 12 heteroatoms. The van der Waals surface area contributed by atoms with Gasteiger partial charge in [0.1, 0.15) is 12.3 Å². The van der Waals surface area contributed by atoms with Crippen LogP contribution in [-0.4, -0.2) is 75.7 Å². The number of nitrogens with one attached hydrogen (secondary N) is 1. The van der Waals surface area contributed by atoms with Crippen LogP contribution in [0.15, 0.2) is 30.5 Å². The first-order valence-corrected chi connectivity index (χ1v) is 15.2. The Kier molecular flexibility index (Phi) is 6.78. The summed E-state index contributed by atoms with van der Waals surface area (Å²) in [7, 11) is -1.24. The van der Waals surface area contributed by atoms with Crippen molar-refractivity contribution in [2.45, 2.75) is 31.4 Å². The van der Waals surface area contributed by atoms with E-state index in [2.05, 4.69) is 32.1 Å². The summed E-state index contributed by atoms with van der Waals surface area (Å²) in [4.78, 5) is 15.0. The first kappa shape index (κ1) is 26.7. The molecule has 1 aromatic heterocycles. The van der Waals surface area contributed by atoms with Crippen molar-refractivity contribution in [3.8, 4) is 17.0 Å². The van der Waals surface area contributed by atoms with E-state index < -0.39 is 21.5 Å². The normalized spacial score (nSPS) is 18.4. The molecule has 40 heavy (non-hydrogen) atoms. The fourth-order valence-corrected chi connectivity index (χ4v) is 7.32. The van der Waals surface area contributed by atoms with Gasteiger partial charge in [0.15, 0.2) is 27.2 Å². The summed E-state index contributed by atoms with van der Waals surface area (Å²) in [6.07, 6.45) is 1.04. The average molecular weight is 571 g/mol. The van der Waals surface area contributed by atoms with E-state index in [1.54, 1.807) is 6.07 Å². The first-order valence-electron chi connectivity index (χ1n) is 13.4. The van der Waals surface area contributed by atoms with E-state index in [0.717, 1.165) is 43.6 Å². The van der Waals surface area contributed by atoms with Crippen molar-refractivity contribution in [3.05, 3.63) is 53.2 Å². The number of aromatic nitrogens is 2. The highest BCUT2D eigenvalue weighted by atomic mass is 32.2. The van der Waals surface area contributed by atoms with Crippen LogP contribution in [0.25, 0.3) is 11.3 Å². The van der Waals surface area contributed by atoms with Crippen LogP contribution in [0.5, 0.6) is 5.75 Å². The number of likely N-dealkylation sites (N-methyl/N-ethyl adjacent to an activating group) is 1. The van der Waals surface area contributed by atoms with Crippen molar-refractivity contribution in [1.82, 2.24) is 14.9 Å². The second-order valence-electron chi connectivity index (χ2n) is 10.9. The van der Waals surface area contributed by atoms with E-state index in [9.17, 15) is 8.42 Å². The van der Waals surface area contributed by atoms with Crippen LogP contribution < -0.4 is 19.9 Å². The third kappa shape index (κ3) is 4.94. The number of sulfone groups is 1. The molecule has 0 bridgehead atoms. The van der Waals surface area contributed by atoms with Gasteiger partial charge in [0.2, 0.25) is 5.95 Å². The van der Waals surface area contributed by atoms with Gasteiger partial charge in [-0.05, 0) is 56.3 Å². The minimum absolute atomic E-state index is 0.0299. The Morgan fingerprint density at radius 2 is 1.73 bits per heavy atom. The van der Waals surface area contributed by atoms with Crippen molar-refractivity contribution < 1.29 is 21.9 Å². The highest BCUT2D eigenvalue weighted by Gasteiger charge is 2.32. The summed E-state index contributed by atoms with van der Waals surface area (Å²) in [5, 5.41) is 3.11. The smallest absolute Gasteiger partial charge is 0.227 e. The highest BCUT2D eigenvalue weighted by molar-refractivity contribution is 7.90. The van der Waals surface area contributed by atoms with Crippen LogP contribution in [0.3, 0.4) is 0 Å². The number of nitrogens with zero attached hydrogens (tertiary/aromatic N) is 5. The minimum Gasteiger partial charge on any atom is -0.486 e. The van der Waals surface area contributed by atoms with Crippen molar-refractivity contribution in [2.24, 2.45) is 0 Å². The van der Waals surface area contributed by atoms with Gasteiger partial charge in [0.25, 0.3) is 0 Å². The van der Waals surface area contributed by atoms with Gasteiger partial charge in [0.05, 0.1) is 29.9 Å². The second kappa shape index (κ2) is 10.2. The number of hydrogen-bond donors (Lipinski definition) is 1. The molecule has 3 aliphatic heterocycles. The Labute approximate surface area is 232 Å². The maximum Gasteiger partial charge on any atom is 0.227 e. The van der Waals surface area contributed by atoms with E-state index in [1.165, 1.54) is 6.07 Å². The number of piperazine rings is 1. The molecule has 4 heterocycles. The quantitative estimate of drug-likeness (QED) is 0.490. The number of anilines is 4. The fraction of sp³-hybridized carbons (Fsp3) is 0.429. The number of fused-ring (bicyclic) bond motifs is 2. The topological polar surface area (TPSA) is 90.9 Å². The zero-order valence-corrected chi connectivity index (χ0v) is 23.6. The highest BCUT2D eigenvalue weighted by Crippen LogP contribution is 2.41. The van der Waals surface area contributed by atoms with E-state index in [4.69, 9.17) is 4.74 Å². The number of rotatable bonds is 5. The largest absolute Gasteiger partial charge is 0.486 e. The molecule has 1 fully saturated rings. The zero-order chi connectivity index (χ0) is 28.2. The van der Waals surface area contributed by atoms with Crippen LogP contribution >= 0.6 is 0 Å². The summed E-state index contributed by atoms with van der Waals surface area (Å²) >= 11 is 0. The maximum atomic E-state index is 15.1. The summed E-state index contributed by atoms with van der Waals surface area (Å²) < 4.78 is 61.1. The van der Waals surface area contributed by atoms with Gasteiger partial charge < -0.3 is 24.8 Å². The lowest BCUT2D eigenvalue weighted by Gasteiger charge is -2.35. The fourth-order valence-electron chi connectivity index (χ4n) is 5.68. The van der Waals surface area contributed by atoms with Crippen molar-refractivity contribution >= 4 is 32.8 Å². The predicted octanol–water partition coefficient (Wildman–Crippen LogP) is 3.95. The van der Waals surface area contributed by atoms with Crippen molar-refractivity contribution in [3.63, 3.8) is 0 Å². The summed E-state index contributed by atoms with van der Waals surface area (Å²) in [6, 6.07) is 6.75. The Balaban J connectivity index is 1.35. The van der Waals surface area contributed by atoms with Crippen LogP contribution in [0.2, 0.25) is 0 Å². The summed E-state index contributed by atoms with van der Waals surface area (Å²) in [6.45, 7) is 8.39. The Hall–Kier alpha value is -3.51. The van der Waals surface area contributed by atoms with E-state index in [1.807, 2.05) is 30.9 Å². The third-order valence-corrected chi connectivity index (χ3v) is 9.24. The van der Waals surface area contributed by atoms with Crippen LogP contribution in [0, 0.1) is 11.6 Å². The third-order valence-electron chi connectivity index (χ3n) is 7.78. The standard InChI is InChI=1S/C28H32F2N6O3S/c1-17(2)36-10-11-39-27-21(29)12-18(13-25(27)36)26-22(30)14-31-28(33-26)32-23-4-5-24(35-8-6-34(3)7-9-35)20-16-40(37,38)15-19(20)23/h4-5,12-14,17H,6-11,15-16H2,1-3H3,(H,31,32,33). The SMILES string of the molecule is CC(C)N1CCOc2c(F)cc(-c3nc(Nc4ccc(N5CCN(C)CC5)c5c4CS(=O)(=O)C5)ncc3F)cc21. The van der Waals surface area contributed by atoms with Gasteiger partial charge >= 0.3 is 0 Å². The van der Waals surface area contributed by atoms with Gasteiger partial charge in [-0.25, -0.2) is 27.2 Å². The Bertz CT molecular complexity index is 1570. The number of hydrogen-bond acceptors (Lipinski definition) is 9. The molecule has 0 unspecified atom stereocenters. The lowest BCUT2D eigenvalue weighted by atomic mass is 10.0. The van der Waals surface area contributed by atoms with Crippen LogP contribution in [0.1, 0.15) is 25.0 Å². The summed E-state index contributed by atoms with van der Waals surface area (Å²) in [5.74, 6) is -1.18. The Morgan fingerprint density at radius 3 is 2.48 bits per heavy atom. The lowest BCUT2D eigenvalue weighted by molar-refractivity contribution is 0.287. The molecule has 3 aromatic rings. The molecule has 2 aromatic carbocycles. The molecule has 212 valence electrons. The molecule has 0 aliphatic carbocycles. The van der Waals surface area contributed by atoms with E-state index >= 15 is 8.78 Å². The van der Waals surface area contributed by atoms with Crippen molar-refractivity contribution in [1.29, 1.82) is 0 Å². The Morgan fingerprint density at radius 1 is 0.975 bits per heavy atom. The predicted molar refractivity (Wildman–Crippen MR) is 151 cm³/mol.